The average molecular weight is 418 g/mol. The van der Waals surface area contributed by atoms with E-state index in [-0.39, 0.29) is 0 Å². The second-order valence-corrected chi connectivity index (χ2v) is 8.35. The van der Waals surface area contributed by atoms with Crippen LogP contribution in [0.5, 0.6) is 0 Å². The molecule has 0 amide bonds. The van der Waals surface area contributed by atoms with Gasteiger partial charge < -0.3 is 4.90 Å². The minimum absolute atomic E-state index is 0.493. The zero-order chi connectivity index (χ0) is 20.1. The van der Waals surface area contributed by atoms with E-state index in [2.05, 4.69) is 37.1 Å². The Labute approximate surface area is 141 Å². The number of hydrogen-bond donors (Lipinski definition) is 1. The van der Waals surface area contributed by atoms with Crippen LogP contribution in [-0.4, -0.2) is 45.8 Å². The van der Waals surface area contributed by atoms with E-state index in [4.69, 9.17) is 0 Å². The lowest BCUT2D eigenvalue weighted by Crippen LogP contribution is -2.45. The minimum atomic E-state index is -6.60. The zero-order valence-electron chi connectivity index (χ0n) is 13.0. The quantitative estimate of drug-likeness (QED) is 0.710. The number of alkyl halides is 6. The Morgan fingerprint density at radius 2 is 1.48 bits per heavy atom. The first kappa shape index (κ1) is 23.7. The standard InChI is InChI=1S/C9H15N.C2HF6NO4S2/c1-3-6-10-7-4-9(2)5-8-10;3-1(4,5)14(10,11)9-15(12,13)2(6,7)8/h4-5,7H,3,6,8H2,1-2H3;9H. The van der Waals surface area contributed by atoms with Crippen LogP contribution in [0.1, 0.15) is 20.3 Å². The Bertz CT molecular complexity index is 666. The summed E-state index contributed by atoms with van der Waals surface area (Å²) in [5, 5.41) is 0. The van der Waals surface area contributed by atoms with Gasteiger partial charge in [0.15, 0.2) is 0 Å². The molecule has 0 aliphatic carbocycles. The number of nitrogens with zero attached hydrogens (tertiary/aromatic N) is 1. The first-order valence-corrected chi connectivity index (χ1v) is 9.50. The van der Waals surface area contributed by atoms with Crippen LogP contribution in [0.25, 0.3) is 0 Å². The molecule has 0 spiro atoms. The summed E-state index contributed by atoms with van der Waals surface area (Å²) in [6, 6.07) is 0. The van der Waals surface area contributed by atoms with E-state index in [9.17, 15) is 43.2 Å². The fourth-order valence-corrected chi connectivity index (χ4v) is 3.22. The van der Waals surface area contributed by atoms with E-state index in [1.54, 1.807) is 0 Å². The predicted octanol–water partition coefficient (Wildman–Crippen LogP) is 2.45. The van der Waals surface area contributed by atoms with E-state index in [1.165, 1.54) is 18.5 Å². The summed E-state index contributed by atoms with van der Waals surface area (Å²) in [5.74, 6) is 0. The third-order valence-corrected chi connectivity index (χ3v) is 5.51. The van der Waals surface area contributed by atoms with Gasteiger partial charge in [-0.1, -0.05) is 22.7 Å². The molecule has 0 aromatic heterocycles. The summed E-state index contributed by atoms with van der Waals surface area (Å²) >= 11 is 0. The maximum Gasteiger partial charge on any atom is 0.512 e. The van der Waals surface area contributed by atoms with E-state index in [0.29, 0.717) is 0 Å². The molecule has 1 aliphatic heterocycles. The molecule has 0 aromatic carbocycles. The van der Waals surface area contributed by atoms with Gasteiger partial charge in [0.05, 0.1) is 0 Å². The highest BCUT2D eigenvalue weighted by Gasteiger charge is 2.55. The molecule has 0 saturated carbocycles. The lowest BCUT2D eigenvalue weighted by molar-refractivity contribution is -0.0476. The molecule has 14 heteroatoms. The molecule has 0 fully saturated rings. The molecule has 0 unspecified atom stereocenters. The van der Waals surface area contributed by atoms with Crippen LogP contribution in [0.3, 0.4) is 0 Å². The van der Waals surface area contributed by atoms with Crippen molar-refractivity contribution in [2.45, 2.75) is 31.3 Å². The molecule has 0 atom stereocenters. The summed E-state index contributed by atoms with van der Waals surface area (Å²) in [4.78, 5) is 2.33. The van der Waals surface area contributed by atoms with Crippen molar-refractivity contribution in [1.29, 1.82) is 0 Å². The molecular formula is C11H16F6N2O4S2. The highest BCUT2D eigenvalue weighted by Crippen LogP contribution is 2.27. The average Bonchev–Trinajstić information content (AvgIpc) is 2.38. The number of sulfonamides is 2. The van der Waals surface area contributed by atoms with Crippen molar-refractivity contribution in [3.63, 3.8) is 0 Å². The first-order chi connectivity index (χ1) is 11.0. The number of hydrogen-bond acceptors (Lipinski definition) is 5. The van der Waals surface area contributed by atoms with Gasteiger partial charge >= 0.3 is 31.1 Å². The van der Waals surface area contributed by atoms with Crippen molar-refractivity contribution in [1.82, 2.24) is 9.03 Å². The number of halogens is 6. The smallest absolute Gasteiger partial charge is 0.374 e. The Hall–Kier alpha value is -1.28. The molecule has 0 radical (unpaired) electrons. The fourth-order valence-electron chi connectivity index (χ4n) is 1.31. The topological polar surface area (TPSA) is 83.6 Å². The SMILES string of the molecule is CCCN1C=CC(C)=CC1.O=S(=O)(NS(=O)(=O)C(F)(F)F)C(F)(F)F. The van der Waals surface area contributed by atoms with Crippen LogP contribution in [0.4, 0.5) is 26.3 Å². The highest BCUT2D eigenvalue weighted by atomic mass is 32.3. The summed E-state index contributed by atoms with van der Waals surface area (Å²) in [6.45, 7) is 6.62. The zero-order valence-corrected chi connectivity index (χ0v) is 14.7. The Balaban J connectivity index is 0.000000496. The predicted molar refractivity (Wildman–Crippen MR) is 77.8 cm³/mol. The Morgan fingerprint density at radius 3 is 1.76 bits per heavy atom. The number of nitrogens with one attached hydrogen (secondary N) is 1. The van der Waals surface area contributed by atoms with Crippen molar-refractivity contribution < 1.29 is 43.2 Å². The lowest BCUT2D eigenvalue weighted by Gasteiger charge is -2.20. The summed E-state index contributed by atoms with van der Waals surface area (Å²) in [6.07, 6.45) is 7.84. The van der Waals surface area contributed by atoms with Crippen LogP contribution >= 0.6 is 0 Å². The molecule has 0 bridgehead atoms. The molecule has 1 rings (SSSR count). The van der Waals surface area contributed by atoms with Gasteiger partial charge in [0.2, 0.25) is 0 Å². The normalized spacial score (nSPS) is 16.2. The van der Waals surface area contributed by atoms with Gasteiger partial charge in [-0.3, -0.25) is 0 Å². The van der Waals surface area contributed by atoms with Crippen LogP contribution in [0.15, 0.2) is 23.9 Å². The van der Waals surface area contributed by atoms with Crippen LogP contribution in [-0.2, 0) is 20.0 Å². The molecule has 1 N–H and O–H groups in total. The van der Waals surface area contributed by atoms with Crippen molar-refractivity contribution >= 4 is 20.0 Å². The van der Waals surface area contributed by atoms with E-state index in [1.807, 2.05) is 0 Å². The second-order valence-electron chi connectivity index (χ2n) is 4.74. The van der Waals surface area contributed by atoms with Gasteiger partial charge in [0.1, 0.15) is 0 Å². The van der Waals surface area contributed by atoms with Crippen molar-refractivity contribution in [3.05, 3.63) is 23.9 Å². The van der Waals surface area contributed by atoms with Crippen LogP contribution in [0, 0.1) is 0 Å². The van der Waals surface area contributed by atoms with Gasteiger partial charge in [-0.2, -0.15) is 26.3 Å². The Morgan fingerprint density at radius 1 is 1.04 bits per heavy atom. The summed E-state index contributed by atoms with van der Waals surface area (Å²) in [7, 11) is -13.2. The first-order valence-electron chi connectivity index (χ1n) is 6.53. The maximum atomic E-state index is 11.5. The third-order valence-electron chi connectivity index (χ3n) is 2.54. The van der Waals surface area contributed by atoms with Gasteiger partial charge in [-0.25, -0.2) is 16.8 Å². The maximum absolute atomic E-state index is 11.5. The van der Waals surface area contributed by atoms with Gasteiger partial charge in [0, 0.05) is 13.1 Å². The highest BCUT2D eigenvalue weighted by molar-refractivity contribution is 8.05. The minimum Gasteiger partial charge on any atom is -0.374 e. The van der Waals surface area contributed by atoms with E-state index in [0.717, 1.165) is 6.54 Å². The molecule has 25 heavy (non-hydrogen) atoms. The lowest BCUT2D eigenvalue weighted by atomic mass is 10.2. The van der Waals surface area contributed by atoms with Gasteiger partial charge in [-0.05, 0) is 25.6 Å². The van der Waals surface area contributed by atoms with E-state index >= 15 is 0 Å². The van der Waals surface area contributed by atoms with Crippen molar-refractivity contribution in [2.75, 3.05) is 13.1 Å². The number of rotatable bonds is 4. The molecule has 1 heterocycles. The fraction of sp³-hybridized carbons (Fsp3) is 0.636. The second kappa shape index (κ2) is 8.40. The molecule has 0 aromatic rings. The largest absolute Gasteiger partial charge is 0.512 e. The Kier molecular flexibility index (Phi) is 7.97. The van der Waals surface area contributed by atoms with Crippen LogP contribution in [0.2, 0.25) is 0 Å². The monoisotopic (exact) mass is 418 g/mol. The molecular weight excluding hydrogens is 402 g/mol. The summed E-state index contributed by atoms with van der Waals surface area (Å²) < 4.78 is 108. The van der Waals surface area contributed by atoms with Gasteiger partial charge in [-0.15, -0.1) is 0 Å². The van der Waals surface area contributed by atoms with Crippen molar-refractivity contribution in [3.8, 4) is 0 Å². The number of allylic oxidation sites excluding steroid dienone is 2. The van der Waals surface area contributed by atoms with E-state index < -0.39 is 35.2 Å². The molecule has 1 aliphatic rings. The van der Waals surface area contributed by atoms with Crippen LogP contribution < -0.4 is 4.13 Å². The molecule has 148 valence electrons. The molecule has 6 nitrogen and oxygen atoms in total. The van der Waals surface area contributed by atoms with Gasteiger partial charge in [0.25, 0.3) is 0 Å². The third kappa shape index (κ3) is 7.64. The van der Waals surface area contributed by atoms with Crippen molar-refractivity contribution in [2.24, 2.45) is 0 Å². The molecule has 0 saturated heterocycles. The summed E-state index contributed by atoms with van der Waals surface area (Å²) in [5.41, 5.74) is -10.9.